The predicted octanol–water partition coefficient (Wildman–Crippen LogP) is 3.36. The second-order valence-corrected chi connectivity index (χ2v) is 5.77. The second kappa shape index (κ2) is 5.75. The highest BCUT2D eigenvalue weighted by atomic mass is 19.4. The van der Waals surface area contributed by atoms with Crippen molar-refractivity contribution in [3.63, 3.8) is 0 Å². The molecule has 0 spiro atoms. The van der Waals surface area contributed by atoms with E-state index in [9.17, 15) is 18.0 Å². The average Bonchev–Trinajstić information content (AvgIpc) is 3.32. The van der Waals surface area contributed by atoms with Crippen LogP contribution < -0.4 is 10.7 Å². The van der Waals surface area contributed by atoms with Crippen molar-refractivity contribution < 1.29 is 22.7 Å². The summed E-state index contributed by atoms with van der Waals surface area (Å²) in [6, 6.07) is 3.96. The third-order valence-corrected chi connectivity index (χ3v) is 3.99. The molecule has 0 bridgehead atoms. The molecule has 0 aromatic heterocycles. The molecule has 1 amide bonds. The van der Waals surface area contributed by atoms with Crippen molar-refractivity contribution >= 4 is 17.5 Å². The molecule has 1 atom stereocenters. The SMILES string of the molecule is CC(Nc1ccc(C2=NNC(=O)OC2)cc1C(F)(F)F)C1CC1. The molecule has 1 aliphatic heterocycles. The molecule has 1 aliphatic carbocycles. The van der Waals surface area contributed by atoms with Crippen LogP contribution in [0.2, 0.25) is 0 Å². The number of ether oxygens (including phenoxy) is 1. The zero-order valence-corrected chi connectivity index (χ0v) is 12.4. The summed E-state index contributed by atoms with van der Waals surface area (Å²) in [6.07, 6.45) is -3.12. The molecular formula is C15H16F3N3O2. The van der Waals surface area contributed by atoms with Crippen LogP contribution in [-0.4, -0.2) is 24.5 Å². The summed E-state index contributed by atoms with van der Waals surface area (Å²) >= 11 is 0. The third kappa shape index (κ3) is 3.57. The van der Waals surface area contributed by atoms with E-state index in [4.69, 9.17) is 4.74 Å². The number of carbonyl (C=O) groups excluding carboxylic acids is 1. The Kier molecular flexibility index (Phi) is 3.91. The lowest BCUT2D eigenvalue weighted by Crippen LogP contribution is -2.31. The quantitative estimate of drug-likeness (QED) is 0.891. The molecule has 1 heterocycles. The van der Waals surface area contributed by atoms with E-state index in [1.54, 1.807) is 0 Å². The number of hydrogen-bond acceptors (Lipinski definition) is 4. The molecule has 1 aromatic rings. The molecule has 1 aromatic carbocycles. The molecule has 5 nitrogen and oxygen atoms in total. The monoisotopic (exact) mass is 327 g/mol. The van der Waals surface area contributed by atoms with E-state index in [-0.39, 0.29) is 29.6 Å². The van der Waals surface area contributed by atoms with Crippen LogP contribution in [0.1, 0.15) is 30.9 Å². The Morgan fingerprint density at radius 3 is 2.70 bits per heavy atom. The number of benzene rings is 1. The minimum Gasteiger partial charge on any atom is -0.442 e. The smallest absolute Gasteiger partial charge is 0.428 e. The van der Waals surface area contributed by atoms with Gasteiger partial charge in [-0.3, -0.25) is 0 Å². The summed E-state index contributed by atoms with van der Waals surface area (Å²) in [7, 11) is 0. The first-order valence-corrected chi connectivity index (χ1v) is 7.32. The van der Waals surface area contributed by atoms with Gasteiger partial charge in [-0.1, -0.05) is 6.07 Å². The fraction of sp³-hybridized carbons (Fsp3) is 0.467. The Morgan fingerprint density at radius 2 is 2.13 bits per heavy atom. The molecule has 1 unspecified atom stereocenters. The number of anilines is 1. The standard InChI is InChI=1S/C15H16F3N3O2/c1-8(9-2-3-9)19-12-5-4-10(6-11(12)15(16,17)18)13-7-23-14(22)21-20-13/h4-6,8-9,19H,2-3,7H2,1H3,(H,21,22). The number of hydrogen-bond donors (Lipinski definition) is 2. The van der Waals surface area contributed by atoms with Gasteiger partial charge in [0, 0.05) is 17.3 Å². The van der Waals surface area contributed by atoms with Gasteiger partial charge in [0.05, 0.1) is 5.56 Å². The summed E-state index contributed by atoms with van der Waals surface area (Å²) < 4.78 is 44.8. The minimum atomic E-state index is -4.49. The number of cyclic esters (lactones) is 1. The van der Waals surface area contributed by atoms with Gasteiger partial charge in [0.25, 0.3) is 0 Å². The van der Waals surface area contributed by atoms with Gasteiger partial charge in [-0.05, 0) is 37.8 Å². The first kappa shape index (κ1) is 15.6. The maximum atomic E-state index is 13.3. The zero-order chi connectivity index (χ0) is 16.6. The van der Waals surface area contributed by atoms with Crippen LogP contribution in [0.25, 0.3) is 0 Å². The second-order valence-electron chi connectivity index (χ2n) is 5.77. The van der Waals surface area contributed by atoms with Crippen LogP contribution in [0.15, 0.2) is 23.3 Å². The highest BCUT2D eigenvalue weighted by Crippen LogP contribution is 2.39. The lowest BCUT2D eigenvalue weighted by molar-refractivity contribution is -0.137. The van der Waals surface area contributed by atoms with E-state index in [2.05, 4.69) is 15.8 Å². The van der Waals surface area contributed by atoms with Gasteiger partial charge in [-0.2, -0.15) is 18.3 Å². The molecule has 2 aliphatic rings. The highest BCUT2D eigenvalue weighted by Gasteiger charge is 2.36. The number of rotatable bonds is 4. The molecule has 2 N–H and O–H groups in total. The van der Waals surface area contributed by atoms with Crippen LogP contribution in [0.5, 0.6) is 0 Å². The number of alkyl halides is 3. The summed E-state index contributed by atoms with van der Waals surface area (Å²) in [6.45, 7) is 1.73. The van der Waals surface area contributed by atoms with Gasteiger partial charge in [0.15, 0.2) is 0 Å². The van der Waals surface area contributed by atoms with Crippen LogP contribution in [0.3, 0.4) is 0 Å². The predicted molar refractivity (Wildman–Crippen MR) is 78.3 cm³/mol. The van der Waals surface area contributed by atoms with E-state index in [1.807, 2.05) is 6.92 Å². The van der Waals surface area contributed by atoms with Crippen LogP contribution in [0, 0.1) is 5.92 Å². The van der Waals surface area contributed by atoms with Gasteiger partial charge < -0.3 is 10.1 Å². The van der Waals surface area contributed by atoms with Crippen molar-refractivity contribution in [2.45, 2.75) is 32.0 Å². The van der Waals surface area contributed by atoms with Gasteiger partial charge in [0.1, 0.15) is 12.3 Å². The fourth-order valence-electron chi connectivity index (χ4n) is 2.50. The first-order chi connectivity index (χ1) is 10.8. The van der Waals surface area contributed by atoms with Crippen LogP contribution in [-0.2, 0) is 10.9 Å². The average molecular weight is 327 g/mol. The van der Waals surface area contributed by atoms with E-state index in [0.29, 0.717) is 5.92 Å². The van der Waals surface area contributed by atoms with E-state index < -0.39 is 17.8 Å². The number of amides is 1. The normalized spacial score (nSPS) is 19.5. The lowest BCUT2D eigenvalue weighted by atomic mass is 10.0. The van der Waals surface area contributed by atoms with Crippen molar-refractivity contribution in [1.29, 1.82) is 0 Å². The van der Waals surface area contributed by atoms with Crippen molar-refractivity contribution in [1.82, 2.24) is 5.43 Å². The molecule has 3 rings (SSSR count). The molecule has 124 valence electrons. The molecule has 0 saturated heterocycles. The molecule has 1 saturated carbocycles. The molecule has 1 fully saturated rings. The maximum absolute atomic E-state index is 13.3. The summed E-state index contributed by atoms with van der Waals surface area (Å²) in [4.78, 5) is 10.9. The first-order valence-electron chi connectivity index (χ1n) is 7.32. The third-order valence-electron chi connectivity index (χ3n) is 3.99. The number of nitrogens with zero attached hydrogens (tertiary/aromatic N) is 1. The van der Waals surface area contributed by atoms with Gasteiger partial charge >= 0.3 is 12.3 Å². The highest BCUT2D eigenvalue weighted by molar-refractivity contribution is 6.04. The lowest BCUT2D eigenvalue weighted by Gasteiger charge is -2.21. The summed E-state index contributed by atoms with van der Waals surface area (Å²) in [5.74, 6) is 0.432. The van der Waals surface area contributed by atoms with Crippen LogP contribution in [0.4, 0.5) is 23.7 Å². The van der Waals surface area contributed by atoms with E-state index in [1.165, 1.54) is 12.1 Å². The van der Waals surface area contributed by atoms with E-state index >= 15 is 0 Å². The number of hydrazone groups is 1. The Morgan fingerprint density at radius 1 is 1.39 bits per heavy atom. The Bertz CT molecular complexity index is 654. The van der Waals surface area contributed by atoms with Crippen molar-refractivity contribution in [3.05, 3.63) is 29.3 Å². The fourth-order valence-corrected chi connectivity index (χ4v) is 2.50. The maximum Gasteiger partial charge on any atom is 0.428 e. The van der Waals surface area contributed by atoms with Gasteiger partial charge in [0.2, 0.25) is 0 Å². The van der Waals surface area contributed by atoms with Crippen LogP contribution >= 0.6 is 0 Å². The van der Waals surface area contributed by atoms with Gasteiger partial charge in [-0.15, -0.1) is 0 Å². The largest absolute Gasteiger partial charge is 0.442 e. The Balaban J connectivity index is 1.90. The number of halogens is 3. The summed E-state index contributed by atoms with van der Waals surface area (Å²) in [5.41, 5.74) is 1.91. The summed E-state index contributed by atoms with van der Waals surface area (Å²) in [5, 5.41) is 6.69. The van der Waals surface area contributed by atoms with Crippen molar-refractivity contribution in [2.24, 2.45) is 11.0 Å². The molecule has 0 radical (unpaired) electrons. The Labute approximate surface area is 130 Å². The molecular weight excluding hydrogens is 311 g/mol. The Hall–Kier alpha value is -2.25. The molecule has 8 heteroatoms. The van der Waals surface area contributed by atoms with Crippen molar-refractivity contribution in [2.75, 3.05) is 11.9 Å². The van der Waals surface area contributed by atoms with E-state index in [0.717, 1.165) is 18.9 Å². The molecule has 23 heavy (non-hydrogen) atoms. The number of carbonyl (C=O) groups is 1. The number of nitrogens with one attached hydrogen (secondary N) is 2. The zero-order valence-electron chi connectivity index (χ0n) is 12.4. The van der Waals surface area contributed by atoms with Crippen molar-refractivity contribution in [3.8, 4) is 0 Å². The minimum absolute atomic E-state index is 0.00315. The topological polar surface area (TPSA) is 62.7 Å². The van der Waals surface area contributed by atoms with Gasteiger partial charge in [-0.25, -0.2) is 10.2 Å².